The van der Waals surface area contributed by atoms with Gasteiger partial charge < -0.3 is 19.9 Å². The Kier molecular flexibility index (Phi) is 3.25. The molecule has 0 spiro atoms. The number of morpholine rings is 1. The number of ether oxygens (including phenoxy) is 2. The van der Waals surface area contributed by atoms with Gasteiger partial charge in [-0.2, -0.15) is 0 Å². The number of methoxy groups -OCH3 is 1. The summed E-state index contributed by atoms with van der Waals surface area (Å²) in [6.45, 7) is 3.38. The number of piperidine rings is 1. The van der Waals surface area contributed by atoms with Crippen LogP contribution in [0.4, 0.5) is 0 Å². The molecule has 19 heavy (non-hydrogen) atoms. The van der Waals surface area contributed by atoms with Crippen molar-refractivity contribution in [2.45, 2.75) is 37.5 Å². The summed E-state index contributed by atoms with van der Waals surface area (Å²) < 4.78 is 10.9. The SMILES string of the molecule is COc1cc(C2(O)CC3COCC(C2)N3)ccc1C. The third-order valence-corrected chi connectivity index (χ3v) is 4.22. The zero-order valence-corrected chi connectivity index (χ0v) is 11.5. The van der Waals surface area contributed by atoms with Crippen molar-refractivity contribution in [2.75, 3.05) is 20.3 Å². The van der Waals surface area contributed by atoms with E-state index in [1.165, 1.54) is 0 Å². The highest BCUT2D eigenvalue weighted by atomic mass is 16.5. The Morgan fingerprint density at radius 2 is 2.00 bits per heavy atom. The minimum absolute atomic E-state index is 0.241. The molecule has 2 atom stereocenters. The average Bonchev–Trinajstić information content (AvgIpc) is 2.38. The molecule has 4 nitrogen and oxygen atoms in total. The number of fused-ring (bicyclic) bond motifs is 2. The van der Waals surface area contributed by atoms with Crippen molar-refractivity contribution >= 4 is 0 Å². The van der Waals surface area contributed by atoms with Crippen LogP contribution in [-0.4, -0.2) is 37.5 Å². The summed E-state index contributed by atoms with van der Waals surface area (Å²) in [5, 5.41) is 14.5. The molecule has 2 heterocycles. The molecule has 0 aliphatic carbocycles. The predicted octanol–water partition coefficient (Wildman–Crippen LogP) is 1.34. The molecule has 2 saturated heterocycles. The Morgan fingerprint density at radius 3 is 2.63 bits per heavy atom. The molecule has 3 rings (SSSR count). The lowest BCUT2D eigenvalue weighted by Gasteiger charge is -2.45. The number of aryl methyl sites for hydroxylation is 1. The van der Waals surface area contributed by atoms with Gasteiger partial charge in [0.15, 0.2) is 0 Å². The quantitative estimate of drug-likeness (QED) is 0.845. The molecule has 2 unspecified atom stereocenters. The van der Waals surface area contributed by atoms with E-state index in [0.717, 1.165) is 16.9 Å². The van der Waals surface area contributed by atoms with Gasteiger partial charge in [0.1, 0.15) is 5.75 Å². The molecule has 0 radical (unpaired) electrons. The molecule has 0 amide bonds. The van der Waals surface area contributed by atoms with Crippen molar-refractivity contribution in [3.63, 3.8) is 0 Å². The Bertz CT molecular complexity index is 462. The van der Waals surface area contributed by atoms with Gasteiger partial charge in [0, 0.05) is 12.1 Å². The summed E-state index contributed by atoms with van der Waals surface area (Å²) in [5.41, 5.74) is 1.27. The lowest BCUT2D eigenvalue weighted by Crippen LogP contribution is -2.58. The maximum absolute atomic E-state index is 11.0. The Morgan fingerprint density at radius 1 is 1.32 bits per heavy atom. The lowest BCUT2D eigenvalue weighted by molar-refractivity contribution is -0.0803. The van der Waals surface area contributed by atoms with Gasteiger partial charge in [-0.1, -0.05) is 12.1 Å². The van der Waals surface area contributed by atoms with E-state index in [1.807, 2.05) is 25.1 Å². The fourth-order valence-electron chi connectivity index (χ4n) is 3.26. The van der Waals surface area contributed by atoms with Crippen molar-refractivity contribution in [1.29, 1.82) is 0 Å². The van der Waals surface area contributed by atoms with Gasteiger partial charge in [-0.3, -0.25) is 0 Å². The smallest absolute Gasteiger partial charge is 0.122 e. The van der Waals surface area contributed by atoms with Crippen LogP contribution >= 0.6 is 0 Å². The zero-order valence-electron chi connectivity index (χ0n) is 11.5. The van der Waals surface area contributed by atoms with Crippen LogP contribution < -0.4 is 10.1 Å². The highest BCUT2D eigenvalue weighted by molar-refractivity contribution is 5.39. The third kappa shape index (κ3) is 2.36. The number of hydrogen-bond donors (Lipinski definition) is 2. The van der Waals surface area contributed by atoms with Gasteiger partial charge in [0.05, 0.1) is 25.9 Å². The summed E-state index contributed by atoms with van der Waals surface area (Å²) in [6.07, 6.45) is 1.38. The molecule has 0 aromatic heterocycles. The van der Waals surface area contributed by atoms with E-state index < -0.39 is 5.60 Å². The van der Waals surface area contributed by atoms with Gasteiger partial charge in [0.2, 0.25) is 0 Å². The minimum Gasteiger partial charge on any atom is -0.496 e. The molecule has 2 N–H and O–H groups in total. The van der Waals surface area contributed by atoms with Crippen LogP contribution in [0.25, 0.3) is 0 Å². The van der Waals surface area contributed by atoms with Crippen molar-refractivity contribution in [3.05, 3.63) is 29.3 Å². The number of rotatable bonds is 2. The second kappa shape index (κ2) is 4.78. The Balaban J connectivity index is 1.91. The molecule has 1 aromatic carbocycles. The van der Waals surface area contributed by atoms with Gasteiger partial charge in [0.25, 0.3) is 0 Å². The standard InChI is InChI=1S/C15H21NO3/c1-10-3-4-11(5-14(10)18-2)15(17)6-12-8-19-9-13(7-15)16-12/h3-5,12-13,16-17H,6-9H2,1-2H3. The summed E-state index contributed by atoms with van der Waals surface area (Å²) in [7, 11) is 1.67. The fraction of sp³-hybridized carbons (Fsp3) is 0.600. The number of nitrogens with one attached hydrogen (secondary N) is 1. The molecule has 2 aliphatic heterocycles. The molecular weight excluding hydrogens is 242 g/mol. The van der Waals surface area contributed by atoms with Crippen molar-refractivity contribution in [2.24, 2.45) is 0 Å². The Labute approximate surface area is 113 Å². The first-order chi connectivity index (χ1) is 9.10. The van der Waals surface area contributed by atoms with E-state index in [2.05, 4.69) is 5.32 Å². The molecule has 0 saturated carbocycles. The molecule has 4 heteroatoms. The first-order valence-corrected chi connectivity index (χ1v) is 6.82. The van der Waals surface area contributed by atoms with Crippen molar-refractivity contribution in [3.8, 4) is 5.75 Å². The molecular formula is C15H21NO3. The van der Waals surface area contributed by atoms with Crippen LogP contribution in [0.15, 0.2) is 18.2 Å². The number of benzene rings is 1. The highest BCUT2D eigenvalue weighted by Crippen LogP contribution is 2.38. The van der Waals surface area contributed by atoms with Crippen LogP contribution in [0, 0.1) is 6.92 Å². The zero-order chi connectivity index (χ0) is 13.5. The molecule has 2 fully saturated rings. The summed E-state index contributed by atoms with van der Waals surface area (Å²) in [6, 6.07) is 6.48. The average molecular weight is 263 g/mol. The highest BCUT2D eigenvalue weighted by Gasteiger charge is 2.42. The lowest BCUT2D eigenvalue weighted by atomic mass is 9.78. The van der Waals surface area contributed by atoms with E-state index in [1.54, 1.807) is 7.11 Å². The van der Waals surface area contributed by atoms with Gasteiger partial charge in [-0.05, 0) is 37.0 Å². The van der Waals surface area contributed by atoms with Crippen LogP contribution in [0.5, 0.6) is 5.75 Å². The molecule has 104 valence electrons. The second-order valence-corrected chi connectivity index (χ2v) is 5.72. The fourth-order valence-corrected chi connectivity index (χ4v) is 3.26. The van der Waals surface area contributed by atoms with E-state index >= 15 is 0 Å². The molecule has 2 bridgehead atoms. The number of aliphatic hydroxyl groups is 1. The summed E-state index contributed by atoms with van der Waals surface area (Å²) in [5.74, 6) is 0.839. The first-order valence-electron chi connectivity index (χ1n) is 6.82. The Hall–Kier alpha value is -1.10. The third-order valence-electron chi connectivity index (χ3n) is 4.22. The predicted molar refractivity (Wildman–Crippen MR) is 72.4 cm³/mol. The van der Waals surface area contributed by atoms with E-state index in [0.29, 0.717) is 26.1 Å². The summed E-state index contributed by atoms with van der Waals surface area (Å²) in [4.78, 5) is 0. The molecule has 1 aromatic rings. The largest absolute Gasteiger partial charge is 0.496 e. The number of hydrogen-bond acceptors (Lipinski definition) is 4. The van der Waals surface area contributed by atoms with Crippen LogP contribution in [-0.2, 0) is 10.3 Å². The van der Waals surface area contributed by atoms with E-state index in [9.17, 15) is 5.11 Å². The van der Waals surface area contributed by atoms with Crippen LogP contribution in [0.1, 0.15) is 24.0 Å². The van der Waals surface area contributed by atoms with Gasteiger partial charge in [-0.25, -0.2) is 0 Å². The van der Waals surface area contributed by atoms with E-state index in [4.69, 9.17) is 9.47 Å². The summed E-state index contributed by atoms with van der Waals surface area (Å²) >= 11 is 0. The normalized spacial score (nSPS) is 34.1. The van der Waals surface area contributed by atoms with Crippen LogP contribution in [0.2, 0.25) is 0 Å². The van der Waals surface area contributed by atoms with Crippen molar-refractivity contribution in [1.82, 2.24) is 5.32 Å². The minimum atomic E-state index is -0.772. The monoisotopic (exact) mass is 263 g/mol. The van der Waals surface area contributed by atoms with Gasteiger partial charge in [-0.15, -0.1) is 0 Å². The second-order valence-electron chi connectivity index (χ2n) is 5.72. The van der Waals surface area contributed by atoms with E-state index in [-0.39, 0.29) is 12.1 Å². The maximum atomic E-state index is 11.0. The van der Waals surface area contributed by atoms with Crippen molar-refractivity contribution < 1.29 is 14.6 Å². The van der Waals surface area contributed by atoms with Gasteiger partial charge >= 0.3 is 0 Å². The topological polar surface area (TPSA) is 50.7 Å². The van der Waals surface area contributed by atoms with Crippen LogP contribution in [0.3, 0.4) is 0 Å². The molecule has 2 aliphatic rings. The first kappa shape index (κ1) is 12.9. The maximum Gasteiger partial charge on any atom is 0.122 e.